The molecule has 0 radical (unpaired) electrons. The Balaban J connectivity index is 1.77. The van der Waals surface area contributed by atoms with Gasteiger partial charge in [-0.15, -0.1) is 22.7 Å². The minimum Gasteiger partial charge on any atom is -0.456 e. The molecular formula is C14H10ClNO2S2. The number of benzene rings is 1. The Morgan fingerprint density at radius 3 is 2.85 bits per heavy atom. The zero-order valence-electron chi connectivity index (χ0n) is 10.6. The van der Waals surface area contributed by atoms with Gasteiger partial charge in [0, 0.05) is 10.1 Å². The summed E-state index contributed by atoms with van der Waals surface area (Å²) >= 11 is 9.17. The number of ether oxygens (including phenoxy) is 1. The summed E-state index contributed by atoms with van der Waals surface area (Å²) in [6, 6.07) is 7.87. The van der Waals surface area contributed by atoms with Crippen LogP contribution in [0.2, 0.25) is 5.02 Å². The van der Waals surface area contributed by atoms with Crippen molar-refractivity contribution in [1.29, 1.82) is 0 Å². The second kappa shape index (κ2) is 5.52. The highest BCUT2D eigenvalue weighted by Gasteiger charge is 2.14. The highest BCUT2D eigenvalue weighted by Crippen LogP contribution is 2.35. The van der Waals surface area contributed by atoms with Crippen LogP contribution in [0.3, 0.4) is 0 Å². The molecule has 0 fully saturated rings. The van der Waals surface area contributed by atoms with E-state index in [9.17, 15) is 4.79 Å². The topological polar surface area (TPSA) is 39.2 Å². The van der Waals surface area contributed by atoms with Crippen molar-refractivity contribution in [1.82, 2.24) is 4.98 Å². The molecule has 0 saturated carbocycles. The minimum absolute atomic E-state index is 0.188. The average molecular weight is 324 g/mol. The normalized spacial score (nSPS) is 10.9. The lowest BCUT2D eigenvalue weighted by atomic mass is 10.2. The van der Waals surface area contributed by atoms with E-state index in [-0.39, 0.29) is 12.6 Å². The van der Waals surface area contributed by atoms with E-state index in [4.69, 9.17) is 16.3 Å². The largest absolute Gasteiger partial charge is 0.456 e. The summed E-state index contributed by atoms with van der Waals surface area (Å²) in [6.45, 7) is 2.04. The summed E-state index contributed by atoms with van der Waals surface area (Å²) in [7, 11) is 0. The van der Waals surface area contributed by atoms with Gasteiger partial charge in [0.1, 0.15) is 11.5 Å². The Bertz CT molecular complexity index is 778. The maximum absolute atomic E-state index is 11.9. The van der Waals surface area contributed by atoms with Crippen molar-refractivity contribution in [3.63, 3.8) is 0 Å². The van der Waals surface area contributed by atoms with Gasteiger partial charge in [0.25, 0.3) is 0 Å². The van der Waals surface area contributed by atoms with Crippen LogP contribution < -0.4 is 0 Å². The van der Waals surface area contributed by atoms with Crippen LogP contribution in [-0.2, 0) is 11.3 Å². The van der Waals surface area contributed by atoms with Gasteiger partial charge < -0.3 is 4.74 Å². The van der Waals surface area contributed by atoms with E-state index >= 15 is 0 Å². The number of halogens is 1. The monoisotopic (exact) mass is 323 g/mol. The van der Waals surface area contributed by atoms with Gasteiger partial charge in [-0.3, -0.25) is 0 Å². The quantitative estimate of drug-likeness (QED) is 0.657. The molecule has 0 spiro atoms. The summed E-state index contributed by atoms with van der Waals surface area (Å²) in [4.78, 5) is 17.3. The summed E-state index contributed by atoms with van der Waals surface area (Å²) in [5.41, 5.74) is 0. The van der Waals surface area contributed by atoms with Gasteiger partial charge >= 0.3 is 5.97 Å². The number of aromatic nitrogens is 1. The van der Waals surface area contributed by atoms with Crippen molar-refractivity contribution < 1.29 is 9.53 Å². The van der Waals surface area contributed by atoms with Crippen LogP contribution in [-0.4, -0.2) is 11.0 Å². The molecule has 0 amide bonds. The van der Waals surface area contributed by atoms with E-state index in [1.807, 2.05) is 31.2 Å². The number of nitrogens with zero attached hydrogens (tertiary/aromatic N) is 1. The Kier molecular flexibility index (Phi) is 3.74. The lowest BCUT2D eigenvalue weighted by Crippen LogP contribution is -2.02. The molecule has 2 aromatic heterocycles. The molecule has 6 heteroatoms. The zero-order valence-corrected chi connectivity index (χ0v) is 12.9. The smallest absolute Gasteiger partial charge is 0.350 e. The lowest BCUT2D eigenvalue weighted by Gasteiger charge is -2.01. The molecule has 3 aromatic rings. The van der Waals surface area contributed by atoms with Crippen LogP contribution >= 0.6 is 34.3 Å². The van der Waals surface area contributed by atoms with Crippen molar-refractivity contribution in [3.8, 4) is 0 Å². The first-order valence-corrected chi connectivity index (χ1v) is 7.91. The summed E-state index contributed by atoms with van der Waals surface area (Å²) in [5, 5.41) is 2.51. The first-order valence-electron chi connectivity index (χ1n) is 5.90. The zero-order chi connectivity index (χ0) is 14.1. The van der Waals surface area contributed by atoms with Crippen LogP contribution in [0.15, 0.2) is 30.5 Å². The van der Waals surface area contributed by atoms with Gasteiger partial charge in [-0.1, -0.05) is 29.8 Å². The maximum atomic E-state index is 11.9. The van der Waals surface area contributed by atoms with Crippen LogP contribution in [0.4, 0.5) is 0 Å². The fourth-order valence-corrected chi connectivity index (χ4v) is 3.89. The van der Waals surface area contributed by atoms with E-state index in [2.05, 4.69) is 4.98 Å². The third kappa shape index (κ3) is 2.57. The number of carbonyl (C=O) groups is 1. The molecule has 20 heavy (non-hydrogen) atoms. The van der Waals surface area contributed by atoms with E-state index < -0.39 is 0 Å². The molecule has 1 aromatic carbocycles. The second-order valence-corrected chi connectivity index (χ2v) is 6.90. The lowest BCUT2D eigenvalue weighted by molar-refractivity contribution is 0.0482. The van der Waals surface area contributed by atoms with Crippen LogP contribution in [0.1, 0.15) is 19.6 Å². The molecule has 0 saturated heterocycles. The Hall–Kier alpha value is -1.43. The molecule has 0 unspecified atom stereocenters. The number of hydrogen-bond donors (Lipinski definition) is 0. The van der Waals surface area contributed by atoms with Crippen molar-refractivity contribution >= 4 is 50.3 Å². The highest BCUT2D eigenvalue weighted by molar-refractivity contribution is 7.19. The van der Waals surface area contributed by atoms with Gasteiger partial charge in [-0.2, -0.15) is 0 Å². The Morgan fingerprint density at radius 2 is 2.15 bits per heavy atom. The predicted octanol–water partition coefficient (Wildman–Crippen LogP) is 4.68. The van der Waals surface area contributed by atoms with Crippen LogP contribution in [0.5, 0.6) is 0 Å². The standard InChI is InChI=1S/C14H10ClNO2S2/c1-8-16-6-11(19-8)14(17)18-7-12-13(15)9-4-2-3-5-10(9)20-12/h2-6H,7H2,1H3. The average Bonchev–Trinajstić information content (AvgIpc) is 3.01. The fraction of sp³-hybridized carbons (Fsp3) is 0.143. The van der Waals surface area contributed by atoms with Gasteiger partial charge in [0.2, 0.25) is 0 Å². The number of thiophene rings is 1. The van der Waals surface area contributed by atoms with E-state index in [1.54, 1.807) is 11.3 Å². The van der Waals surface area contributed by atoms with E-state index in [0.717, 1.165) is 20.0 Å². The summed E-state index contributed by atoms with van der Waals surface area (Å²) in [5.74, 6) is -0.357. The maximum Gasteiger partial charge on any atom is 0.350 e. The van der Waals surface area contributed by atoms with Gasteiger partial charge in [-0.25, -0.2) is 9.78 Å². The highest BCUT2D eigenvalue weighted by atomic mass is 35.5. The molecule has 0 aliphatic rings. The molecule has 2 heterocycles. The minimum atomic E-state index is -0.357. The molecule has 0 aliphatic carbocycles. The molecule has 102 valence electrons. The summed E-state index contributed by atoms with van der Waals surface area (Å²) in [6.07, 6.45) is 1.54. The van der Waals surface area contributed by atoms with E-state index in [1.165, 1.54) is 17.5 Å². The summed E-state index contributed by atoms with van der Waals surface area (Å²) < 4.78 is 6.39. The number of hydrogen-bond acceptors (Lipinski definition) is 5. The van der Waals surface area contributed by atoms with E-state index in [0.29, 0.717) is 9.90 Å². The van der Waals surface area contributed by atoms with Crippen LogP contribution in [0, 0.1) is 6.92 Å². The number of rotatable bonds is 3. The number of esters is 1. The number of thiazole rings is 1. The Labute approximate surface area is 128 Å². The van der Waals surface area contributed by atoms with Crippen molar-refractivity contribution in [3.05, 3.63) is 50.2 Å². The Morgan fingerprint density at radius 1 is 1.35 bits per heavy atom. The second-order valence-electron chi connectivity index (χ2n) is 4.16. The first kappa shape index (κ1) is 13.5. The molecular weight excluding hydrogens is 314 g/mol. The molecule has 0 aliphatic heterocycles. The first-order chi connectivity index (χ1) is 9.65. The van der Waals surface area contributed by atoms with Crippen molar-refractivity contribution in [2.45, 2.75) is 13.5 Å². The molecule has 3 rings (SSSR count). The van der Waals surface area contributed by atoms with Gasteiger partial charge in [0.05, 0.1) is 21.1 Å². The van der Waals surface area contributed by atoms with Gasteiger partial charge in [-0.05, 0) is 13.0 Å². The number of aryl methyl sites for hydroxylation is 1. The number of carbonyl (C=O) groups excluding carboxylic acids is 1. The molecule has 0 N–H and O–H groups in total. The van der Waals surface area contributed by atoms with Crippen LogP contribution in [0.25, 0.3) is 10.1 Å². The SMILES string of the molecule is Cc1ncc(C(=O)OCc2sc3ccccc3c2Cl)s1. The van der Waals surface area contributed by atoms with Gasteiger partial charge in [0.15, 0.2) is 0 Å². The predicted molar refractivity (Wildman–Crippen MR) is 82.8 cm³/mol. The number of fused-ring (bicyclic) bond motifs is 1. The van der Waals surface area contributed by atoms with Crippen molar-refractivity contribution in [2.24, 2.45) is 0 Å². The van der Waals surface area contributed by atoms with Crippen molar-refractivity contribution in [2.75, 3.05) is 0 Å². The third-order valence-corrected chi connectivity index (χ3v) is 5.34. The third-order valence-electron chi connectivity index (χ3n) is 2.76. The molecule has 0 atom stereocenters. The fourth-order valence-electron chi connectivity index (χ4n) is 1.82. The molecule has 0 bridgehead atoms. The molecule has 3 nitrogen and oxygen atoms in total.